The Morgan fingerprint density at radius 3 is 2.80 bits per heavy atom. The predicted octanol–water partition coefficient (Wildman–Crippen LogP) is 1.79. The monoisotopic (exact) mass is 410 g/mol. The number of hydrogen-bond acceptors (Lipinski definition) is 6. The molecule has 0 fully saturated rings. The zero-order chi connectivity index (χ0) is 21.2. The average Bonchev–Trinajstić information content (AvgIpc) is 3.15. The van der Waals surface area contributed by atoms with Crippen LogP contribution >= 0.6 is 0 Å². The maximum Gasteiger partial charge on any atom is 0.191 e. The summed E-state index contributed by atoms with van der Waals surface area (Å²) in [5, 5.41) is 15.1. The Morgan fingerprint density at radius 1 is 1.17 bits per heavy atom. The molecular weight excluding hydrogens is 380 g/mol. The summed E-state index contributed by atoms with van der Waals surface area (Å²) in [4.78, 5) is 12.8. The van der Waals surface area contributed by atoms with Gasteiger partial charge in [-0.3, -0.25) is 9.67 Å². The van der Waals surface area contributed by atoms with E-state index in [0.717, 1.165) is 29.4 Å². The quantitative estimate of drug-likeness (QED) is 0.266. The highest BCUT2D eigenvalue weighted by Crippen LogP contribution is 2.17. The van der Waals surface area contributed by atoms with Crippen LogP contribution < -0.4 is 16.0 Å². The molecule has 2 aromatic heterocycles. The van der Waals surface area contributed by atoms with Crippen LogP contribution in [0.3, 0.4) is 0 Å². The first kappa shape index (κ1) is 21.5. The van der Waals surface area contributed by atoms with Gasteiger partial charge in [0.25, 0.3) is 0 Å². The van der Waals surface area contributed by atoms with Crippen LogP contribution in [0.1, 0.15) is 12.5 Å². The molecule has 0 aliphatic rings. The molecule has 9 nitrogen and oxygen atoms in total. The standard InChI is InChI=1S/C21H30N8O/c1-16(13-30-14-17-7-5-4-6-8-17)11-25-21(22-2)24-10-9-23-19-18-12-28-29(3)20(18)27-15-26-19/h4-8,12,15-16H,9-11,13-14H2,1-3H3,(H2,22,24,25)(H,23,26,27). The van der Waals surface area contributed by atoms with Crippen LogP contribution in [-0.4, -0.2) is 59.0 Å². The maximum absolute atomic E-state index is 5.80. The number of ether oxygens (including phenoxy) is 1. The number of aromatic nitrogens is 4. The van der Waals surface area contributed by atoms with E-state index in [1.165, 1.54) is 5.56 Å². The molecule has 1 aromatic carbocycles. The van der Waals surface area contributed by atoms with Crippen molar-refractivity contribution < 1.29 is 4.74 Å². The van der Waals surface area contributed by atoms with E-state index in [2.05, 4.69) is 55.1 Å². The third-order valence-corrected chi connectivity index (χ3v) is 4.59. The van der Waals surface area contributed by atoms with Gasteiger partial charge >= 0.3 is 0 Å². The van der Waals surface area contributed by atoms with Crippen LogP contribution in [0.5, 0.6) is 0 Å². The smallest absolute Gasteiger partial charge is 0.191 e. The molecule has 0 aliphatic carbocycles. The molecule has 3 aromatic rings. The SMILES string of the molecule is CN=C(NCCNc1ncnc2c1cnn2C)NCC(C)COCc1ccccc1. The first-order chi connectivity index (χ1) is 14.7. The van der Waals surface area contributed by atoms with Crippen molar-refractivity contribution in [3.05, 3.63) is 48.4 Å². The summed E-state index contributed by atoms with van der Waals surface area (Å²) >= 11 is 0. The Hall–Kier alpha value is -3.20. The number of anilines is 1. The Labute approximate surface area is 177 Å². The van der Waals surface area contributed by atoms with E-state index in [9.17, 15) is 0 Å². The zero-order valence-corrected chi connectivity index (χ0v) is 17.8. The normalized spacial score (nSPS) is 12.7. The molecule has 3 N–H and O–H groups in total. The molecule has 0 spiro atoms. The fraction of sp³-hybridized carbons (Fsp3) is 0.429. The summed E-state index contributed by atoms with van der Waals surface area (Å²) in [6.45, 7) is 5.65. The predicted molar refractivity (Wildman–Crippen MR) is 119 cm³/mol. The van der Waals surface area contributed by atoms with Crippen molar-refractivity contribution in [2.45, 2.75) is 13.5 Å². The van der Waals surface area contributed by atoms with Gasteiger partial charge in [0.2, 0.25) is 0 Å². The van der Waals surface area contributed by atoms with Crippen LogP contribution in [0.4, 0.5) is 5.82 Å². The zero-order valence-electron chi connectivity index (χ0n) is 17.8. The summed E-state index contributed by atoms with van der Waals surface area (Å²) in [7, 11) is 3.63. The highest BCUT2D eigenvalue weighted by molar-refractivity contribution is 5.86. The topological polar surface area (TPSA) is 101 Å². The van der Waals surface area contributed by atoms with Crippen LogP contribution in [0.25, 0.3) is 11.0 Å². The molecule has 0 saturated carbocycles. The van der Waals surface area contributed by atoms with E-state index < -0.39 is 0 Å². The van der Waals surface area contributed by atoms with Gasteiger partial charge in [0.05, 0.1) is 24.8 Å². The molecule has 1 unspecified atom stereocenters. The van der Waals surface area contributed by atoms with Crippen molar-refractivity contribution in [3.63, 3.8) is 0 Å². The molecule has 0 saturated heterocycles. The fourth-order valence-electron chi connectivity index (χ4n) is 2.97. The Balaban J connectivity index is 1.33. The average molecular weight is 411 g/mol. The second-order valence-corrected chi connectivity index (χ2v) is 7.14. The lowest BCUT2D eigenvalue weighted by molar-refractivity contribution is 0.0931. The molecule has 0 radical (unpaired) electrons. The van der Waals surface area contributed by atoms with Crippen molar-refractivity contribution in [2.75, 3.05) is 38.6 Å². The van der Waals surface area contributed by atoms with E-state index in [1.807, 2.05) is 25.2 Å². The van der Waals surface area contributed by atoms with Crippen LogP contribution in [-0.2, 0) is 18.4 Å². The Kier molecular flexibility index (Phi) is 7.96. The number of guanidine groups is 1. The third kappa shape index (κ3) is 6.15. The molecule has 160 valence electrons. The van der Waals surface area contributed by atoms with E-state index in [0.29, 0.717) is 32.2 Å². The van der Waals surface area contributed by atoms with Crippen molar-refractivity contribution in [2.24, 2.45) is 18.0 Å². The second kappa shape index (κ2) is 11.1. The summed E-state index contributed by atoms with van der Waals surface area (Å²) in [6, 6.07) is 10.2. The molecule has 2 heterocycles. The summed E-state index contributed by atoms with van der Waals surface area (Å²) < 4.78 is 7.54. The van der Waals surface area contributed by atoms with Crippen molar-refractivity contribution in [1.82, 2.24) is 30.4 Å². The number of nitrogens with zero attached hydrogens (tertiary/aromatic N) is 5. The largest absolute Gasteiger partial charge is 0.376 e. The number of benzene rings is 1. The minimum absolute atomic E-state index is 0.366. The fourth-order valence-corrected chi connectivity index (χ4v) is 2.97. The molecule has 9 heteroatoms. The molecule has 0 aliphatic heterocycles. The van der Waals surface area contributed by atoms with Gasteiger partial charge in [-0.15, -0.1) is 0 Å². The molecule has 0 amide bonds. The molecule has 1 atom stereocenters. The molecular formula is C21H30N8O. The molecule has 0 bridgehead atoms. The summed E-state index contributed by atoms with van der Waals surface area (Å²) in [5.41, 5.74) is 2.00. The second-order valence-electron chi connectivity index (χ2n) is 7.14. The van der Waals surface area contributed by atoms with Gasteiger partial charge in [-0.2, -0.15) is 5.10 Å². The van der Waals surface area contributed by atoms with Crippen molar-refractivity contribution in [3.8, 4) is 0 Å². The summed E-state index contributed by atoms with van der Waals surface area (Å²) in [5.74, 6) is 1.91. The lowest BCUT2D eigenvalue weighted by Gasteiger charge is -2.16. The van der Waals surface area contributed by atoms with Gasteiger partial charge in [-0.1, -0.05) is 37.3 Å². The van der Waals surface area contributed by atoms with E-state index >= 15 is 0 Å². The number of fused-ring (bicyclic) bond motifs is 1. The molecule has 30 heavy (non-hydrogen) atoms. The summed E-state index contributed by atoms with van der Waals surface area (Å²) in [6.07, 6.45) is 3.31. The van der Waals surface area contributed by atoms with E-state index in [1.54, 1.807) is 24.3 Å². The first-order valence-corrected chi connectivity index (χ1v) is 10.1. The highest BCUT2D eigenvalue weighted by Gasteiger charge is 2.08. The lowest BCUT2D eigenvalue weighted by atomic mass is 10.2. The van der Waals surface area contributed by atoms with E-state index in [-0.39, 0.29) is 0 Å². The number of aryl methyl sites for hydroxylation is 1. The number of rotatable bonds is 10. The number of aliphatic imine (C=N–C) groups is 1. The first-order valence-electron chi connectivity index (χ1n) is 10.1. The maximum atomic E-state index is 5.80. The van der Waals surface area contributed by atoms with Crippen LogP contribution in [0.2, 0.25) is 0 Å². The van der Waals surface area contributed by atoms with Crippen molar-refractivity contribution in [1.29, 1.82) is 0 Å². The Bertz CT molecular complexity index is 941. The Morgan fingerprint density at radius 2 is 2.00 bits per heavy atom. The number of hydrogen-bond donors (Lipinski definition) is 3. The minimum atomic E-state index is 0.366. The van der Waals surface area contributed by atoms with E-state index in [4.69, 9.17) is 4.74 Å². The van der Waals surface area contributed by atoms with Crippen LogP contribution in [0, 0.1) is 5.92 Å². The van der Waals surface area contributed by atoms with Gasteiger partial charge in [0.15, 0.2) is 11.6 Å². The third-order valence-electron chi connectivity index (χ3n) is 4.59. The van der Waals surface area contributed by atoms with Crippen molar-refractivity contribution >= 4 is 22.8 Å². The van der Waals surface area contributed by atoms with Gasteiger partial charge in [0, 0.05) is 33.7 Å². The van der Waals surface area contributed by atoms with Crippen LogP contribution in [0.15, 0.2) is 47.8 Å². The van der Waals surface area contributed by atoms with Gasteiger partial charge < -0.3 is 20.7 Å². The number of nitrogens with one attached hydrogen (secondary N) is 3. The minimum Gasteiger partial charge on any atom is -0.376 e. The van der Waals surface area contributed by atoms with Gasteiger partial charge in [0.1, 0.15) is 12.1 Å². The molecule has 3 rings (SSSR count). The van der Waals surface area contributed by atoms with Gasteiger partial charge in [-0.05, 0) is 11.5 Å². The van der Waals surface area contributed by atoms with Gasteiger partial charge in [-0.25, -0.2) is 9.97 Å². The highest BCUT2D eigenvalue weighted by atomic mass is 16.5. The lowest BCUT2D eigenvalue weighted by Crippen LogP contribution is -2.41.